The fraction of sp³-hybridized carbons (Fsp3) is 0.111. The number of hydrogen-bond acceptors (Lipinski definition) is 9. The van der Waals surface area contributed by atoms with E-state index in [-0.39, 0.29) is 6.15 Å². The first-order valence-corrected chi connectivity index (χ1v) is 11.2. The van der Waals surface area contributed by atoms with Gasteiger partial charge in [-0.15, -0.1) is 0 Å². The van der Waals surface area contributed by atoms with E-state index in [1.54, 1.807) is 91.0 Å². The van der Waals surface area contributed by atoms with Gasteiger partial charge in [0.1, 0.15) is 0 Å². The van der Waals surface area contributed by atoms with Crippen LogP contribution in [0.5, 0.6) is 0 Å². The van der Waals surface area contributed by atoms with Crippen molar-refractivity contribution in [2.45, 2.75) is 0 Å². The van der Waals surface area contributed by atoms with Gasteiger partial charge >= 0.3 is 6.15 Å². The average Bonchev–Trinajstić information content (AvgIpc) is 2.95. The van der Waals surface area contributed by atoms with Crippen molar-refractivity contribution in [1.82, 2.24) is 22.1 Å². The summed E-state index contributed by atoms with van der Waals surface area (Å²) in [7, 11) is 0. The molecule has 0 saturated heterocycles. The maximum atomic E-state index is 11.1. The second-order valence-corrected chi connectivity index (χ2v) is 7.26. The van der Waals surface area contributed by atoms with Crippen LogP contribution in [0.25, 0.3) is 0 Å². The number of carboxylic acid groups (broad SMARTS) is 3. The van der Waals surface area contributed by atoms with Crippen molar-refractivity contribution < 1.29 is 44.1 Å². The van der Waals surface area contributed by atoms with Crippen LogP contribution >= 0.6 is 0 Å². The Balaban J connectivity index is 0.000000563. The first kappa shape index (κ1) is 34.2. The third-order valence-electron chi connectivity index (χ3n) is 4.29. The van der Waals surface area contributed by atoms with Gasteiger partial charge in [0.05, 0.1) is 37.5 Å². The average molecular weight is 549 g/mol. The fourth-order valence-electron chi connectivity index (χ4n) is 2.53. The fourth-order valence-corrected chi connectivity index (χ4v) is 2.53. The van der Waals surface area contributed by atoms with Gasteiger partial charge in [-0.2, -0.15) is 0 Å². The van der Waals surface area contributed by atoms with Crippen molar-refractivity contribution in [3.8, 4) is 0 Å². The van der Waals surface area contributed by atoms with Crippen LogP contribution in [0.1, 0.15) is 31.1 Å². The Kier molecular flexibility index (Phi) is 16.5. The summed E-state index contributed by atoms with van der Waals surface area (Å²) < 4.78 is 0. The lowest BCUT2D eigenvalue weighted by atomic mass is 10.2. The molecule has 0 aliphatic rings. The molecule has 0 heterocycles. The molecular formula is C27H24N4O9. The van der Waals surface area contributed by atoms with Gasteiger partial charge in [0.2, 0.25) is 0 Å². The quantitative estimate of drug-likeness (QED) is 0.247. The summed E-state index contributed by atoms with van der Waals surface area (Å²) in [5.41, 5.74) is 1.30. The van der Waals surface area contributed by atoms with Gasteiger partial charge < -0.3 is 45.7 Å². The molecule has 40 heavy (non-hydrogen) atoms. The number of rotatable bonds is 9. The number of carboxylic acids is 3. The smallest absolute Gasteiger partial charge is 0.548 e. The van der Waals surface area contributed by atoms with E-state index in [0.29, 0.717) is 16.7 Å². The van der Waals surface area contributed by atoms with Crippen LogP contribution in [0.3, 0.4) is 0 Å². The number of carbonyl (C=O) groups is 6. The second kappa shape index (κ2) is 19.3. The first-order chi connectivity index (χ1) is 18.6. The number of benzene rings is 3. The summed E-state index contributed by atoms with van der Waals surface area (Å²) in [6.07, 6.45) is 0. The summed E-state index contributed by atoms with van der Waals surface area (Å²) in [5.74, 6) is -5.14. The Labute approximate surface area is 229 Å². The summed E-state index contributed by atoms with van der Waals surface area (Å²) >= 11 is 0. The van der Waals surface area contributed by atoms with E-state index in [1.807, 2.05) is 0 Å². The molecule has 0 unspecified atom stereocenters. The van der Waals surface area contributed by atoms with E-state index in [1.165, 1.54) is 0 Å². The van der Waals surface area contributed by atoms with Crippen molar-refractivity contribution >= 4 is 35.6 Å². The minimum Gasteiger partial charge on any atom is -0.548 e. The number of nitrogens with zero attached hydrogens (tertiary/aromatic N) is 1. The van der Waals surface area contributed by atoms with Crippen molar-refractivity contribution in [1.29, 1.82) is 0 Å². The van der Waals surface area contributed by atoms with Crippen LogP contribution < -0.4 is 37.4 Å². The number of aliphatic carboxylic acids is 3. The molecule has 13 nitrogen and oxygen atoms in total. The maximum absolute atomic E-state index is 11.1. The van der Waals surface area contributed by atoms with Gasteiger partial charge in [-0.05, 0) is 36.4 Å². The summed E-state index contributed by atoms with van der Waals surface area (Å²) in [6, 6.07) is 25.1. The molecule has 0 saturated carbocycles. The monoisotopic (exact) mass is 548 g/mol. The molecule has 0 aliphatic carbocycles. The third kappa shape index (κ3) is 15.3. The van der Waals surface area contributed by atoms with Crippen LogP contribution in [0.15, 0.2) is 91.0 Å². The molecule has 3 aromatic rings. The van der Waals surface area contributed by atoms with E-state index in [4.69, 9.17) is 0 Å². The Morgan fingerprint density at radius 2 is 0.625 bits per heavy atom. The van der Waals surface area contributed by atoms with E-state index in [2.05, 4.69) is 16.0 Å². The molecule has 3 N–H and O–H groups in total. The molecule has 206 valence electrons. The Bertz CT molecular complexity index is 1080. The van der Waals surface area contributed by atoms with Crippen LogP contribution in [0, 0.1) is 0 Å². The molecule has 3 amide bonds. The molecule has 0 bridgehead atoms. The van der Waals surface area contributed by atoms with Crippen LogP contribution in [0.4, 0.5) is 0 Å². The molecule has 0 aromatic heterocycles. The number of carbonyl (C=O) groups excluding carboxylic acids is 6. The predicted octanol–water partition coefficient (Wildman–Crippen LogP) is -2.98. The minimum absolute atomic E-state index is 0. The molecule has 3 aromatic carbocycles. The lowest BCUT2D eigenvalue weighted by molar-refractivity contribution is -0.305. The molecule has 0 aliphatic heterocycles. The zero-order valence-electron chi connectivity index (χ0n) is 20.9. The summed E-state index contributed by atoms with van der Waals surface area (Å²) in [4.78, 5) is 63.5. The lowest BCUT2D eigenvalue weighted by Gasteiger charge is -2.04. The van der Waals surface area contributed by atoms with Gasteiger partial charge in [0, 0.05) is 16.7 Å². The van der Waals surface area contributed by atoms with Gasteiger partial charge in [0.25, 0.3) is 17.7 Å². The maximum Gasteiger partial charge on any atom is 3.00 e. The van der Waals surface area contributed by atoms with Gasteiger partial charge in [0.15, 0.2) is 0 Å². The SMILES string of the molecule is O=C([O-])CNC(=O)c1ccccc1.O=C([O-])CNC(=O)c1ccccc1.O=C([O-])CNC(=O)c1ccccc1.[N+3]. The van der Waals surface area contributed by atoms with Gasteiger partial charge in [-0.3, -0.25) is 14.4 Å². The number of amides is 3. The highest BCUT2D eigenvalue weighted by Gasteiger charge is 3.00. The van der Waals surface area contributed by atoms with E-state index in [9.17, 15) is 44.1 Å². The van der Waals surface area contributed by atoms with Crippen molar-refractivity contribution in [3.05, 3.63) is 108 Å². The highest BCUT2D eigenvalue weighted by atomic mass is 16.4. The van der Waals surface area contributed by atoms with E-state index < -0.39 is 55.3 Å². The Morgan fingerprint density at radius 3 is 0.800 bits per heavy atom. The lowest BCUT2D eigenvalue weighted by Crippen LogP contribution is -2.37. The zero-order chi connectivity index (χ0) is 29.0. The number of nitrogens with one attached hydrogen (secondary N) is 3. The largest absolute Gasteiger partial charge is 3.00 e. The highest BCUT2D eigenvalue weighted by Crippen LogP contribution is 1.98. The van der Waals surface area contributed by atoms with E-state index in [0.717, 1.165) is 0 Å². The van der Waals surface area contributed by atoms with Gasteiger partial charge in [-0.25, -0.2) is 0 Å². The normalized spacial score (nSPS) is 9.00. The van der Waals surface area contributed by atoms with E-state index >= 15 is 0 Å². The van der Waals surface area contributed by atoms with Crippen molar-refractivity contribution in [2.75, 3.05) is 19.6 Å². The highest BCUT2D eigenvalue weighted by molar-refractivity contribution is 5.96. The third-order valence-corrected chi connectivity index (χ3v) is 4.29. The van der Waals surface area contributed by atoms with Crippen LogP contribution in [-0.4, -0.2) is 55.3 Å². The molecule has 0 spiro atoms. The first-order valence-electron chi connectivity index (χ1n) is 11.2. The number of hydrogen-bond donors (Lipinski definition) is 3. The Morgan fingerprint density at radius 1 is 0.425 bits per heavy atom. The Hall–Kier alpha value is -5.81. The molecule has 3 rings (SSSR count). The topological polar surface area (TPSA) is 238 Å². The summed E-state index contributed by atoms with van der Waals surface area (Å²) in [5, 5.41) is 36.6. The van der Waals surface area contributed by atoms with Crippen LogP contribution in [0.2, 0.25) is 0 Å². The molecule has 2 radical (unpaired) electrons. The van der Waals surface area contributed by atoms with Crippen molar-refractivity contribution in [2.24, 2.45) is 0 Å². The summed E-state index contributed by atoms with van der Waals surface area (Å²) in [6.45, 7) is -1.39. The molecule has 0 atom stereocenters. The standard InChI is InChI=1S/3C9H9NO3.N/c3*11-8(12)6-10-9(13)7-4-2-1-3-5-7;/h3*1-5H,6H2,(H,10,13)(H,11,12);/q;;;+3/p-3. The molecule has 0 fully saturated rings. The minimum atomic E-state index is -1.30. The van der Waals surface area contributed by atoms with Gasteiger partial charge in [-0.1, -0.05) is 54.6 Å². The van der Waals surface area contributed by atoms with Crippen molar-refractivity contribution in [3.63, 3.8) is 0 Å². The van der Waals surface area contributed by atoms with Crippen LogP contribution in [-0.2, 0) is 14.4 Å². The second-order valence-electron chi connectivity index (χ2n) is 7.26. The zero-order valence-corrected chi connectivity index (χ0v) is 20.9. The molecular weight excluding hydrogens is 524 g/mol. The molecule has 13 heteroatoms. The predicted molar refractivity (Wildman–Crippen MR) is 133 cm³/mol.